The summed E-state index contributed by atoms with van der Waals surface area (Å²) in [6, 6.07) is 12.5. The number of likely N-dealkylation sites (tertiary alicyclic amines) is 2. The van der Waals surface area contributed by atoms with Crippen LogP contribution in [-0.2, 0) is 40.5 Å². The molecule has 10 atom stereocenters. The third kappa shape index (κ3) is 11.7. The topological polar surface area (TPSA) is 195 Å². The Balaban J connectivity index is 1.12. The molecule has 15 nitrogen and oxygen atoms in total. The number of fused-ring (bicyclic) bond motifs is 1. The number of piperidine rings is 1. The molecule has 0 saturated carbocycles. The molecule has 4 N–H and O–H groups in total. The molecule has 0 aliphatic carbocycles. The number of rotatable bonds is 22. The van der Waals surface area contributed by atoms with Gasteiger partial charge in [-0.05, 0) is 126 Å². The molecule has 0 aromatic heterocycles. The molecule has 2 amide bonds. The second kappa shape index (κ2) is 22.8. The lowest BCUT2D eigenvalue weighted by atomic mass is 9.76. The highest BCUT2D eigenvalue weighted by molar-refractivity contribution is 8.03. The monoisotopic (exact) mass is 1030 g/mol. The van der Waals surface area contributed by atoms with Crippen molar-refractivity contribution in [1.29, 1.82) is 0 Å². The first-order chi connectivity index (χ1) is 34.5. The summed E-state index contributed by atoms with van der Waals surface area (Å²) in [5.41, 5.74) is 1.28. The largest absolute Gasteiger partial charge is 0.493 e. The number of ether oxygens (including phenoxy) is 3. The van der Waals surface area contributed by atoms with Gasteiger partial charge in [0.2, 0.25) is 11.7 Å². The zero-order chi connectivity index (χ0) is 53.3. The molecule has 4 fully saturated rings. The van der Waals surface area contributed by atoms with Gasteiger partial charge in [0.25, 0.3) is 5.91 Å². The third-order valence-electron chi connectivity index (χ3n) is 17.2. The van der Waals surface area contributed by atoms with Crippen LogP contribution in [0.4, 0.5) is 0 Å². The fourth-order valence-electron chi connectivity index (χ4n) is 12.0. The summed E-state index contributed by atoms with van der Waals surface area (Å²) in [6.45, 7) is 20.4. The second-order valence-electron chi connectivity index (χ2n) is 23.3. The summed E-state index contributed by atoms with van der Waals surface area (Å²) in [6.07, 6.45) is 4.22. The molecule has 2 aromatic rings. The molecule has 73 heavy (non-hydrogen) atoms. The van der Waals surface area contributed by atoms with Crippen LogP contribution in [0.25, 0.3) is 0 Å². The molecule has 0 radical (unpaired) electrons. The first-order valence-electron chi connectivity index (χ1n) is 26.6. The van der Waals surface area contributed by atoms with Gasteiger partial charge in [0.05, 0.1) is 38.4 Å². The van der Waals surface area contributed by atoms with Crippen molar-refractivity contribution < 1.29 is 53.5 Å². The minimum atomic E-state index is -1.14. The summed E-state index contributed by atoms with van der Waals surface area (Å²) in [4.78, 5) is 73.5. The number of aliphatic hydroxyl groups is 2. The highest BCUT2D eigenvalue weighted by Crippen LogP contribution is 2.53. The van der Waals surface area contributed by atoms with Crippen molar-refractivity contribution in [3.63, 3.8) is 0 Å². The zero-order valence-electron chi connectivity index (χ0n) is 45.1. The summed E-state index contributed by atoms with van der Waals surface area (Å²) < 4.78 is 17.6. The number of methoxy groups -OCH3 is 2. The number of aliphatic carboxylic acids is 1. The van der Waals surface area contributed by atoms with E-state index in [-0.39, 0.29) is 40.1 Å². The van der Waals surface area contributed by atoms with Gasteiger partial charge < -0.3 is 44.6 Å². The molecule has 0 unspecified atom stereocenters. The van der Waals surface area contributed by atoms with E-state index in [1.165, 1.54) is 21.6 Å². The van der Waals surface area contributed by atoms with Gasteiger partial charge in [0.15, 0.2) is 11.5 Å². The number of β-lactam (4-membered cyclic amide) rings is 1. The van der Waals surface area contributed by atoms with Crippen LogP contribution in [-0.4, -0.2) is 141 Å². The predicted octanol–water partition coefficient (Wildman–Crippen LogP) is 7.44. The van der Waals surface area contributed by atoms with Crippen LogP contribution in [0.15, 0.2) is 53.1 Å². The maximum absolute atomic E-state index is 14.4. The van der Waals surface area contributed by atoms with Crippen molar-refractivity contribution in [1.82, 2.24) is 20.0 Å². The molecule has 5 aliphatic rings. The number of carboxylic acids is 1. The fourth-order valence-corrected chi connectivity index (χ4v) is 13.5. The van der Waals surface area contributed by atoms with Crippen molar-refractivity contribution in [2.45, 2.75) is 179 Å². The molecule has 5 aliphatic heterocycles. The maximum Gasteiger partial charge on any atom is 0.353 e. The number of thioether (sulfide) groups is 1. The molecule has 4 saturated heterocycles. The van der Waals surface area contributed by atoms with Crippen LogP contribution in [0.2, 0.25) is 0 Å². The van der Waals surface area contributed by atoms with Crippen LogP contribution in [0.5, 0.6) is 11.5 Å². The lowest BCUT2D eigenvalue weighted by Crippen LogP contribution is -2.63. The second-order valence-corrected chi connectivity index (χ2v) is 24.6. The maximum atomic E-state index is 14.4. The summed E-state index contributed by atoms with van der Waals surface area (Å²) in [5.74, 6) is -2.74. The molecular weight excluding hydrogens is 949 g/mol. The van der Waals surface area contributed by atoms with Crippen LogP contribution in [0.3, 0.4) is 0 Å². The quantitative estimate of drug-likeness (QED) is 0.0516. The number of Topliss-reactive ketones (excluding diaryl/α,β-unsaturated/α-hetero) is 1. The lowest BCUT2D eigenvalue weighted by Gasteiger charge is -2.46. The summed E-state index contributed by atoms with van der Waals surface area (Å²) >= 11 is 1.53. The number of esters is 1. The Kier molecular flexibility index (Phi) is 17.6. The number of ketones is 1. The highest BCUT2D eigenvalue weighted by Gasteiger charge is 2.60. The first-order valence-corrected chi connectivity index (χ1v) is 27.5. The van der Waals surface area contributed by atoms with Gasteiger partial charge in [-0.15, -0.1) is 11.8 Å². The van der Waals surface area contributed by atoms with Gasteiger partial charge in [0, 0.05) is 58.6 Å². The van der Waals surface area contributed by atoms with Crippen molar-refractivity contribution in [3.05, 3.63) is 69.8 Å². The number of nitrogens with one attached hydrogen (secondary N) is 1. The minimum Gasteiger partial charge on any atom is -0.493 e. The van der Waals surface area contributed by atoms with Gasteiger partial charge in [0.1, 0.15) is 17.8 Å². The van der Waals surface area contributed by atoms with Gasteiger partial charge in [-0.1, -0.05) is 71.9 Å². The average molecular weight is 1030 g/mol. The van der Waals surface area contributed by atoms with E-state index in [0.717, 1.165) is 55.5 Å². The number of carbonyl (C=O) groups excluding carboxylic acids is 4. The Labute approximate surface area is 437 Å². The fraction of sp³-hybridized carbons (Fsp3) is 0.667. The van der Waals surface area contributed by atoms with Gasteiger partial charge in [-0.2, -0.15) is 0 Å². The molecule has 0 spiro atoms. The Bertz CT molecular complexity index is 2400. The van der Waals surface area contributed by atoms with Crippen molar-refractivity contribution in [2.24, 2.45) is 23.2 Å². The number of aliphatic hydroxyl groups excluding tert-OH is 2. The number of hydrogen-bond acceptors (Lipinski definition) is 13. The molecule has 402 valence electrons. The normalized spacial score (nSPS) is 26.0. The molecule has 0 bridgehead atoms. The van der Waals surface area contributed by atoms with Crippen LogP contribution < -0.4 is 14.8 Å². The van der Waals surface area contributed by atoms with Crippen molar-refractivity contribution in [2.75, 3.05) is 40.4 Å². The number of hydrogen-bond donors (Lipinski definition) is 4. The summed E-state index contributed by atoms with van der Waals surface area (Å²) in [7, 11) is 3.18. The van der Waals surface area contributed by atoms with E-state index in [2.05, 4.69) is 50.0 Å². The molecule has 7 rings (SSSR count). The van der Waals surface area contributed by atoms with E-state index in [4.69, 9.17) is 14.2 Å². The third-order valence-corrected chi connectivity index (χ3v) is 18.7. The predicted molar refractivity (Wildman–Crippen MR) is 281 cm³/mol. The Morgan fingerprint density at radius 2 is 1.67 bits per heavy atom. The van der Waals surface area contributed by atoms with E-state index in [0.29, 0.717) is 68.0 Å². The van der Waals surface area contributed by atoms with Crippen LogP contribution >= 0.6 is 11.8 Å². The van der Waals surface area contributed by atoms with E-state index in [9.17, 15) is 39.3 Å². The van der Waals surface area contributed by atoms with Crippen LogP contribution in [0, 0.1) is 23.2 Å². The molecule has 2 aromatic carbocycles. The Hall–Kier alpha value is -4.48. The highest BCUT2D eigenvalue weighted by atomic mass is 32.2. The first kappa shape index (κ1) is 56.3. The summed E-state index contributed by atoms with van der Waals surface area (Å²) in [5, 5.41) is 36.4. The molecular formula is C57H82N4O11S. The van der Waals surface area contributed by atoms with E-state index in [1.807, 2.05) is 44.2 Å². The minimum absolute atomic E-state index is 0.0234. The van der Waals surface area contributed by atoms with Crippen LogP contribution in [0.1, 0.15) is 143 Å². The number of aryl methyl sites for hydroxylation is 1. The van der Waals surface area contributed by atoms with Gasteiger partial charge >= 0.3 is 11.9 Å². The number of nitrogens with zero attached hydrogens (tertiary/aromatic N) is 3. The van der Waals surface area contributed by atoms with Gasteiger partial charge in [-0.3, -0.25) is 19.3 Å². The Morgan fingerprint density at radius 3 is 2.32 bits per heavy atom. The SMILES string of the molecule is CCC(C)(C)C(=O)C(=O)N1CCCC[C@H]1C(=O)O[C@H](CCc1ccc(OC)c(OC)c1)c1cccc(C(C)(C)CCC(C)(C)N2C[C@@H](SC3=C(C(=O)O)N4C(=O)[C@H]([C@@H](C)O)[C@H]4[C@H]3C)C[C@H]2[C@H](O)[C@@H]2CCNC2)c1. The number of carboxylic acid groups (broad SMARTS) is 1. The van der Waals surface area contributed by atoms with Crippen molar-refractivity contribution in [3.8, 4) is 11.5 Å². The molecule has 5 heterocycles. The molecule has 16 heteroatoms. The van der Waals surface area contributed by atoms with E-state index >= 15 is 0 Å². The average Bonchev–Trinajstić information content (AvgIpc) is 4.12. The van der Waals surface area contributed by atoms with E-state index in [1.54, 1.807) is 35.0 Å². The lowest BCUT2D eigenvalue weighted by molar-refractivity contribution is -0.164. The number of benzene rings is 2. The Morgan fingerprint density at radius 1 is 0.945 bits per heavy atom. The smallest absolute Gasteiger partial charge is 0.353 e. The number of carbonyl (C=O) groups is 5. The standard InChI is InChI=1S/C57H82N4O11S/c1-12-55(4,5)50(64)52(66)59-27-14-13-18-40(59)54(69)72-42(21-19-35-20-22-43(70-10)44(28-35)71-11)36-16-15-17-38(29-36)56(6,7)24-25-57(8,9)60-32-39(30-41(60)48(63)37-23-26-58-31-37)73-49-33(2)46-45(34(3)62)51(65)61(46)47(49)53(67)68/h15-17,20,22,28-29,33-34,37,39-42,45-46,48,58,62-63H,12-14,18-19,21,23-27,30-32H2,1-11H3,(H,67,68)/t33-,34-,37-,39+,40+,41+,42-,45-,46-,48-/m1/s1. The number of amides is 2. The van der Waals surface area contributed by atoms with Crippen molar-refractivity contribution >= 4 is 41.3 Å². The van der Waals surface area contributed by atoms with Gasteiger partial charge in [-0.25, -0.2) is 9.59 Å². The van der Waals surface area contributed by atoms with E-state index < -0.39 is 70.9 Å². The zero-order valence-corrected chi connectivity index (χ0v) is 45.9.